The fourth-order valence-electron chi connectivity index (χ4n) is 2.69. The van der Waals surface area contributed by atoms with Gasteiger partial charge in [0.25, 0.3) is 5.88 Å². The molecule has 1 fully saturated rings. The van der Waals surface area contributed by atoms with Crippen LogP contribution in [-0.2, 0) is 6.18 Å². The van der Waals surface area contributed by atoms with Crippen LogP contribution in [0.4, 0.5) is 13.2 Å². The molecule has 0 bridgehead atoms. The van der Waals surface area contributed by atoms with Crippen molar-refractivity contribution >= 4 is 0 Å². The van der Waals surface area contributed by atoms with Gasteiger partial charge in [0.05, 0.1) is 24.0 Å². The molecule has 154 valence electrons. The SMILES string of the molecule is N.Oc1cc(-c2cnc(O[C@H]3C[C@@H](Oc4ccc(C(F)(F)F)cc4)C3)cn2)on1. The summed E-state index contributed by atoms with van der Waals surface area (Å²) in [5.41, 5.74) is -0.311. The molecule has 1 aromatic carbocycles. The molecule has 0 spiro atoms. The zero-order valence-corrected chi connectivity index (χ0v) is 15.0. The molecule has 0 amide bonds. The van der Waals surface area contributed by atoms with E-state index in [1.54, 1.807) is 0 Å². The van der Waals surface area contributed by atoms with Crippen LogP contribution in [0.3, 0.4) is 0 Å². The normalized spacial score (nSPS) is 18.4. The summed E-state index contributed by atoms with van der Waals surface area (Å²) in [6, 6.07) is 5.92. The monoisotopic (exact) mass is 410 g/mol. The third kappa shape index (κ3) is 4.74. The first kappa shape index (κ1) is 20.4. The molecule has 1 aliphatic rings. The third-order valence-electron chi connectivity index (χ3n) is 4.20. The Labute approximate surface area is 162 Å². The molecule has 1 saturated carbocycles. The van der Waals surface area contributed by atoms with Gasteiger partial charge in [-0.25, -0.2) is 9.97 Å². The lowest BCUT2D eigenvalue weighted by atomic mass is 9.92. The van der Waals surface area contributed by atoms with Crippen LogP contribution in [0.2, 0.25) is 0 Å². The lowest BCUT2D eigenvalue weighted by Gasteiger charge is -2.34. The topological polar surface area (TPSA) is 126 Å². The smallest absolute Gasteiger partial charge is 0.416 e. The molecular formula is C18H17F3N4O4. The van der Waals surface area contributed by atoms with Gasteiger partial charge in [0.2, 0.25) is 5.88 Å². The summed E-state index contributed by atoms with van der Waals surface area (Å²) in [5, 5.41) is 12.5. The Hall–Kier alpha value is -3.34. The summed E-state index contributed by atoms with van der Waals surface area (Å²) < 4.78 is 53.9. The Morgan fingerprint density at radius 3 is 2.24 bits per heavy atom. The highest BCUT2D eigenvalue weighted by atomic mass is 19.4. The van der Waals surface area contributed by atoms with Crippen molar-refractivity contribution < 1.29 is 32.3 Å². The summed E-state index contributed by atoms with van der Waals surface area (Å²) >= 11 is 0. The number of aromatic nitrogens is 3. The average molecular weight is 410 g/mol. The van der Waals surface area contributed by atoms with Crippen LogP contribution in [0.1, 0.15) is 18.4 Å². The van der Waals surface area contributed by atoms with E-state index in [-0.39, 0.29) is 30.0 Å². The van der Waals surface area contributed by atoms with Crippen LogP contribution in [-0.4, -0.2) is 32.4 Å². The van der Waals surface area contributed by atoms with Crippen LogP contribution in [0.25, 0.3) is 11.5 Å². The third-order valence-corrected chi connectivity index (χ3v) is 4.20. The Bertz CT molecular complexity index is 939. The van der Waals surface area contributed by atoms with Gasteiger partial charge in [-0.05, 0) is 29.4 Å². The first-order chi connectivity index (χ1) is 13.4. The van der Waals surface area contributed by atoms with Crippen molar-refractivity contribution in [2.75, 3.05) is 0 Å². The lowest BCUT2D eigenvalue weighted by Crippen LogP contribution is -2.41. The lowest BCUT2D eigenvalue weighted by molar-refractivity contribution is -0.137. The number of hydrogen-bond acceptors (Lipinski definition) is 8. The maximum atomic E-state index is 12.6. The van der Waals surface area contributed by atoms with Crippen molar-refractivity contribution in [3.8, 4) is 29.0 Å². The number of aromatic hydroxyl groups is 1. The minimum Gasteiger partial charge on any atom is -0.491 e. The second-order valence-electron chi connectivity index (χ2n) is 6.26. The van der Waals surface area contributed by atoms with E-state index < -0.39 is 11.7 Å². The standard InChI is InChI=1S/C18H14F3N3O4.H3N/c19-18(20,21)10-1-3-11(4-2-10)26-12-5-13(6-12)27-17-9-22-14(8-23-17)15-7-16(25)24-28-15;/h1-4,7-9,12-13H,5-6H2,(H,24,25);1H3/t12-,13+;. The minimum atomic E-state index is -4.36. The molecule has 1 aliphatic carbocycles. The van der Waals surface area contributed by atoms with E-state index in [0.29, 0.717) is 30.2 Å². The maximum Gasteiger partial charge on any atom is 0.416 e. The van der Waals surface area contributed by atoms with Gasteiger partial charge < -0.3 is 25.3 Å². The largest absolute Gasteiger partial charge is 0.491 e. The molecule has 0 aliphatic heterocycles. The predicted molar refractivity (Wildman–Crippen MR) is 93.7 cm³/mol. The molecule has 0 unspecified atom stereocenters. The van der Waals surface area contributed by atoms with Crippen molar-refractivity contribution in [3.63, 3.8) is 0 Å². The highest BCUT2D eigenvalue weighted by Gasteiger charge is 2.34. The van der Waals surface area contributed by atoms with Crippen molar-refractivity contribution in [1.29, 1.82) is 0 Å². The first-order valence-corrected chi connectivity index (χ1v) is 8.35. The van der Waals surface area contributed by atoms with Crippen LogP contribution >= 0.6 is 0 Å². The Kier molecular flexibility index (Phi) is 5.59. The fraction of sp³-hybridized carbons (Fsp3) is 0.278. The highest BCUT2D eigenvalue weighted by molar-refractivity contribution is 5.51. The van der Waals surface area contributed by atoms with E-state index >= 15 is 0 Å². The van der Waals surface area contributed by atoms with Crippen molar-refractivity contribution in [2.45, 2.75) is 31.2 Å². The summed E-state index contributed by atoms with van der Waals surface area (Å²) in [6.07, 6.45) is -0.581. The van der Waals surface area contributed by atoms with Gasteiger partial charge in [0.1, 0.15) is 23.7 Å². The summed E-state index contributed by atoms with van der Waals surface area (Å²) in [5.74, 6) is 0.747. The molecule has 2 heterocycles. The molecule has 11 heteroatoms. The van der Waals surface area contributed by atoms with Gasteiger partial charge in [-0.15, -0.1) is 0 Å². The number of nitrogens with zero attached hydrogens (tertiary/aromatic N) is 3. The number of hydrogen-bond donors (Lipinski definition) is 2. The van der Waals surface area contributed by atoms with Gasteiger partial charge in [0, 0.05) is 12.8 Å². The Morgan fingerprint density at radius 1 is 1.00 bits per heavy atom. The summed E-state index contributed by atoms with van der Waals surface area (Å²) in [4.78, 5) is 8.26. The Balaban J connectivity index is 0.00000240. The number of ether oxygens (including phenoxy) is 2. The molecule has 0 atom stereocenters. The van der Waals surface area contributed by atoms with E-state index in [0.717, 1.165) is 12.1 Å². The van der Waals surface area contributed by atoms with Crippen LogP contribution in [0, 0.1) is 0 Å². The molecule has 2 aromatic heterocycles. The number of rotatable bonds is 5. The molecule has 8 nitrogen and oxygen atoms in total. The maximum absolute atomic E-state index is 12.6. The van der Waals surface area contributed by atoms with Crippen molar-refractivity contribution in [1.82, 2.24) is 21.3 Å². The number of halogens is 3. The van der Waals surface area contributed by atoms with E-state index in [2.05, 4.69) is 15.1 Å². The second kappa shape index (κ2) is 7.95. The van der Waals surface area contributed by atoms with Gasteiger partial charge >= 0.3 is 6.18 Å². The van der Waals surface area contributed by atoms with Gasteiger partial charge in [-0.3, -0.25) is 0 Å². The zero-order chi connectivity index (χ0) is 19.7. The van der Waals surface area contributed by atoms with Gasteiger partial charge in [-0.2, -0.15) is 13.2 Å². The molecule has 0 radical (unpaired) electrons. The highest BCUT2D eigenvalue weighted by Crippen LogP contribution is 2.33. The molecule has 0 saturated heterocycles. The molecular weight excluding hydrogens is 393 g/mol. The quantitative estimate of drug-likeness (QED) is 0.646. The zero-order valence-electron chi connectivity index (χ0n) is 15.0. The number of benzene rings is 1. The fourth-order valence-corrected chi connectivity index (χ4v) is 2.69. The molecule has 4 rings (SSSR count). The average Bonchev–Trinajstić information content (AvgIpc) is 3.06. The second-order valence-corrected chi connectivity index (χ2v) is 6.26. The van der Waals surface area contributed by atoms with Crippen molar-refractivity contribution in [2.24, 2.45) is 0 Å². The molecule has 29 heavy (non-hydrogen) atoms. The van der Waals surface area contributed by atoms with E-state index in [4.69, 9.17) is 19.1 Å². The van der Waals surface area contributed by atoms with E-state index in [1.165, 1.54) is 30.6 Å². The molecule has 4 N–H and O–H groups in total. The van der Waals surface area contributed by atoms with Crippen LogP contribution in [0.15, 0.2) is 47.2 Å². The summed E-state index contributed by atoms with van der Waals surface area (Å²) in [7, 11) is 0. The summed E-state index contributed by atoms with van der Waals surface area (Å²) in [6.45, 7) is 0. The minimum absolute atomic E-state index is 0. The van der Waals surface area contributed by atoms with Crippen LogP contribution in [0.5, 0.6) is 17.5 Å². The van der Waals surface area contributed by atoms with Crippen molar-refractivity contribution in [3.05, 3.63) is 48.3 Å². The first-order valence-electron chi connectivity index (χ1n) is 8.35. The Morgan fingerprint density at radius 2 is 1.69 bits per heavy atom. The van der Waals surface area contributed by atoms with Gasteiger partial charge in [-0.1, -0.05) is 0 Å². The van der Waals surface area contributed by atoms with Crippen LogP contribution < -0.4 is 15.6 Å². The van der Waals surface area contributed by atoms with E-state index in [9.17, 15) is 13.2 Å². The predicted octanol–water partition coefficient (Wildman–Crippen LogP) is 4.01. The number of alkyl halides is 3. The van der Waals surface area contributed by atoms with Gasteiger partial charge in [0.15, 0.2) is 5.76 Å². The van der Waals surface area contributed by atoms with E-state index in [1.807, 2.05) is 0 Å². The molecule has 3 aromatic rings.